The van der Waals surface area contributed by atoms with Gasteiger partial charge in [0.25, 0.3) is 0 Å². The van der Waals surface area contributed by atoms with Crippen LogP contribution in [0.1, 0.15) is 5.56 Å². The zero-order valence-electron chi connectivity index (χ0n) is 11.1. The molecule has 3 nitrogen and oxygen atoms in total. The number of aromatic hydroxyl groups is 1. The van der Waals surface area contributed by atoms with Crippen LogP contribution in [0.15, 0.2) is 53.9 Å². The molecule has 0 bridgehead atoms. The van der Waals surface area contributed by atoms with Gasteiger partial charge in [-0.15, -0.1) is 11.3 Å². The van der Waals surface area contributed by atoms with Crippen LogP contribution in [0.5, 0.6) is 5.75 Å². The van der Waals surface area contributed by atoms with Crippen molar-refractivity contribution in [2.24, 2.45) is 0 Å². The highest BCUT2D eigenvalue weighted by Crippen LogP contribution is 2.33. The Balaban J connectivity index is 2.03. The maximum Gasteiger partial charge on any atom is 0.116 e. The molecule has 1 heterocycles. The molecule has 0 aliphatic rings. The first-order valence-corrected chi connectivity index (χ1v) is 7.24. The Labute approximate surface area is 126 Å². The molecule has 3 aromatic rings. The molecular formula is C17H12N2OS. The zero-order valence-corrected chi connectivity index (χ0v) is 11.9. The Kier molecular flexibility index (Phi) is 3.35. The first-order valence-electron chi connectivity index (χ1n) is 6.36. The van der Waals surface area contributed by atoms with Crippen molar-refractivity contribution in [3.05, 3.63) is 59.5 Å². The maximum atomic E-state index is 9.45. The van der Waals surface area contributed by atoms with Crippen molar-refractivity contribution in [3.8, 4) is 33.4 Å². The van der Waals surface area contributed by atoms with Gasteiger partial charge in [0.1, 0.15) is 5.75 Å². The number of benzene rings is 2. The molecule has 3 rings (SSSR count). The van der Waals surface area contributed by atoms with Crippen LogP contribution < -0.4 is 5.73 Å². The topological polar surface area (TPSA) is 70.0 Å². The molecule has 0 saturated heterocycles. The Morgan fingerprint density at radius 3 is 2.33 bits per heavy atom. The quantitative estimate of drug-likeness (QED) is 0.742. The summed E-state index contributed by atoms with van der Waals surface area (Å²) in [4.78, 5) is 1.05. The number of anilines is 1. The standard InChI is InChI=1S/C17H12N2OS/c18-10-13-9-14(20)5-6-15(13)11-1-3-12(4-2-11)17-16(19)7-8-21-17/h1-9,20H,19H2. The van der Waals surface area contributed by atoms with Crippen molar-refractivity contribution in [1.29, 1.82) is 5.26 Å². The number of nitrogen functional groups attached to an aromatic ring is 1. The summed E-state index contributed by atoms with van der Waals surface area (Å²) < 4.78 is 0. The van der Waals surface area contributed by atoms with Crippen molar-refractivity contribution < 1.29 is 5.11 Å². The van der Waals surface area contributed by atoms with Gasteiger partial charge in [0.15, 0.2) is 0 Å². The van der Waals surface area contributed by atoms with Crippen LogP contribution in [-0.4, -0.2) is 5.11 Å². The lowest BCUT2D eigenvalue weighted by molar-refractivity contribution is 0.475. The van der Waals surface area contributed by atoms with Crippen LogP contribution in [0.25, 0.3) is 21.6 Å². The van der Waals surface area contributed by atoms with Crippen LogP contribution in [0, 0.1) is 11.3 Å². The highest BCUT2D eigenvalue weighted by Gasteiger charge is 2.08. The van der Waals surface area contributed by atoms with Crippen LogP contribution in [0.2, 0.25) is 0 Å². The van der Waals surface area contributed by atoms with E-state index >= 15 is 0 Å². The van der Waals surface area contributed by atoms with E-state index in [0.29, 0.717) is 5.56 Å². The summed E-state index contributed by atoms with van der Waals surface area (Å²) in [5.41, 5.74) is 9.95. The lowest BCUT2D eigenvalue weighted by Crippen LogP contribution is -1.86. The minimum Gasteiger partial charge on any atom is -0.508 e. The predicted octanol–water partition coefficient (Wildman–Crippen LogP) is 4.24. The second kappa shape index (κ2) is 5.31. The van der Waals surface area contributed by atoms with Gasteiger partial charge < -0.3 is 10.8 Å². The van der Waals surface area contributed by atoms with E-state index in [9.17, 15) is 5.11 Å². The molecule has 0 saturated carbocycles. The summed E-state index contributed by atoms with van der Waals surface area (Å²) in [5.74, 6) is 0.0956. The molecule has 0 aliphatic carbocycles. The van der Waals surface area contributed by atoms with Crippen molar-refractivity contribution in [3.63, 3.8) is 0 Å². The fourth-order valence-electron chi connectivity index (χ4n) is 2.23. The van der Waals surface area contributed by atoms with Gasteiger partial charge >= 0.3 is 0 Å². The molecule has 0 amide bonds. The zero-order chi connectivity index (χ0) is 14.8. The Bertz CT molecular complexity index is 829. The summed E-state index contributed by atoms with van der Waals surface area (Å²) in [6, 6.07) is 16.7. The molecule has 0 spiro atoms. The van der Waals surface area contributed by atoms with E-state index in [-0.39, 0.29) is 5.75 Å². The van der Waals surface area contributed by atoms with Crippen LogP contribution in [0.4, 0.5) is 5.69 Å². The van der Waals surface area contributed by atoms with Gasteiger partial charge in [-0.25, -0.2) is 0 Å². The molecule has 1 aromatic heterocycles. The second-order valence-corrected chi connectivity index (χ2v) is 5.54. The molecule has 2 aromatic carbocycles. The summed E-state index contributed by atoms with van der Waals surface area (Å²) in [7, 11) is 0. The number of nitrogens with two attached hydrogens (primary N) is 1. The summed E-state index contributed by atoms with van der Waals surface area (Å²) in [6.45, 7) is 0. The smallest absolute Gasteiger partial charge is 0.116 e. The number of phenols is 1. The Hall–Kier alpha value is -2.77. The molecular weight excluding hydrogens is 280 g/mol. The van der Waals surface area contributed by atoms with E-state index in [2.05, 4.69) is 6.07 Å². The van der Waals surface area contributed by atoms with Crippen molar-refractivity contribution >= 4 is 17.0 Å². The molecule has 0 unspecified atom stereocenters. The van der Waals surface area contributed by atoms with E-state index in [4.69, 9.17) is 11.0 Å². The number of hydrogen-bond acceptors (Lipinski definition) is 4. The Morgan fingerprint density at radius 2 is 1.71 bits per heavy atom. The monoisotopic (exact) mass is 292 g/mol. The molecule has 0 fully saturated rings. The van der Waals surface area contributed by atoms with Crippen molar-refractivity contribution in [2.75, 3.05) is 5.73 Å². The highest BCUT2D eigenvalue weighted by atomic mass is 32.1. The van der Waals surface area contributed by atoms with Crippen LogP contribution >= 0.6 is 11.3 Å². The third-order valence-corrected chi connectivity index (χ3v) is 4.26. The molecule has 0 aliphatic heterocycles. The predicted molar refractivity (Wildman–Crippen MR) is 86.0 cm³/mol. The first-order chi connectivity index (χ1) is 10.2. The normalized spacial score (nSPS) is 10.2. The number of phenolic OH excluding ortho intramolecular Hbond substituents is 1. The van der Waals surface area contributed by atoms with Gasteiger partial charge in [0.05, 0.1) is 22.2 Å². The number of nitrogens with zero attached hydrogens (tertiary/aromatic N) is 1. The van der Waals surface area contributed by atoms with Crippen molar-refractivity contribution in [2.45, 2.75) is 0 Å². The number of thiophene rings is 1. The maximum absolute atomic E-state index is 9.45. The largest absolute Gasteiger partial charge is 0.508 e. The molecule has 21 heavy (non-hydrogen) atoms. The van der Waals surface area contributed by atoms with E-state index in [1.54, 1.807) is 23.5 Å². The third kappa shape index (κ3) is 2.47. The average molecular weight is 292 g/mol. The lowest BCUT2D eigenvalue weighted by Gasteiger charge is -2.06. The number of hydrogen-bond donors (Lipinski definition) is 2. The van der Waals surface area contributed by atoms with E-state index in [1.807, 2.05) is 35.7 Å². The minimum atomic E-state index is 0.0956. The van der Waals surface area contributed by atoms with Gasteiger partial charge in [0.2, 0.25) is 0 Å². The second-order valence-electron chi connectivity index (χ2n) is 4.62. The van der Waals surface area contributed by atoms with Gasteiger partial charge in [0, 0.05) is 0 Å². The van der Waals surface area contributed by atoms with E-state index in [1.165, 1.54) is 6.07 Å². The third-order valence-electron chi connectivity index (χ3n) is 3.28. The SMILES string of the molecule is N#Cc1cc(O)ccc1-c1ccc(-c2sccc2N)cc1. The van der Waals surface area contributed by atoms with E-state index in [0.717, 1.165) is 27.3 Å². The average Bonchev–Trinajstić information content (AvgIpc) is 2.93. The van der Waals surface area contributed by atoms with Gasteiger partial charge in [-0.1, -0.05) is 24.3 Å². The first kappa shape index (κ1) is 13.2. The molecule has 0 radical (unpaired) electrons. The number of nitriles is 1. The van der Waals surface area contributed by atoms with Crippen LogP contribution in [-0.2, 0) is 0 Å². The fraction of sp³-hybridized carbons (Fsp3) is 0. The molecule has 4 heteroatoms. The minimum absolute atomic E-state index is 0.0956. The summed E-state index contributed by atoms with van der Waals surface area (Å²) in [6.07, 6.45) is 0. The van der Waals surface area contributed by atoms with Gasteiger partial charge in [-0.2, -0.15) is 5.26 Å². The van der Waals surface area contributed by atoms with E-state index < -0.39 is 0 Å². The van der Waals surface area contributed by atoms with Crippen molar-refractivity contribution in [1.82, 2.24) is 0 Å². The number of rotatable bonds is 2. The molecule has 0 atom stereocenters. The van der Waals surface area contributed by atoms with Gasteiger partial charge in [-0.05, 0) is 46.3 Å². The van der Waals surface area contributed by atoms with Crippen LogP contribution in [0.3, 0.4) is 0 Å². The van der Waals surface area contributed by atoms with Gasteiger partial charge in [-0.3, -0.25) is 0 Å². The fourth-order valence-corrected chi connectivity index (χ4v) is 3.06. The lowest BCUT2D eigenvalue weighted by atomic mass is 9.98. The summed E-state index contributed by atoms with van der Waals surface area (Å²) >= 11 is 1.60. The molecule has 102 valence electrons. The summed E-state index contributed by atoms with van der Waals surface area (Å²) in [5, 5.41) is 20.6. The Morgan fingerprint density at radius 1 is 1.00 bits per heavy atom. The molecule has 3 N–H and O–H groups in total. The highest BCUT2D eigenvalue weighted by molar-refractivity contribution is 7.14.